The van der Waals surface area contributed by atoms with Crippen LogP contribution in [0.4, 0.5) is 0 Å². The Morgan fingerprint density at radius 2 is 1.40 bits per heavy atom. The normalized spacial score (nSPS) is 12.9. The summed E-state index contributed by atoms with van der Waals surface area (Å²) in [6.45, 7) is 4.99. The van der Waals surface area contributed by atoms with Gasteiger partial charge in [0.05, 0.1) is 6.54 Å². The van der Waals surface area contributed by atoms with Crippen molar-refractivity contribution in [1.29, 1.82) is 0 Å². The summed E-state index contributed by atoms with van der Waals surface area (Å²) in [5.41, 5.74) is 0. The molecule has 0 aromatic heterocycles. The molecule has 0 aliphatic rings. The summed E-state index contributed by atoms with van der Waals surface area (Å²) in [5.74, 6) is 0.725. The topological polar surface area (TPSA) is 29.4 Å². The summed E-state index contributed by atoms with van der Waals surface area (Å²) in [5, 5.41) is 3.03. The second-order valence-electron chi connectivity index (χ2n) is 5.90. The van der Waals surface area contributed by atoms with Crippen LogP contribution in [0, 0.1) is 10.8 Å². The minimum Gasteiger partial charge on any atom is -0.151 e. The highest BCUT2D eigenvalue weighted by Crippen LogP contribution is 2.21. The van der Waals surface area contributed by atoms with E-state index in [4.69, 9.17) is 0 Å². The minimum absolute atomic E-state index is 0.508. The van der Waals surface area contributed by atoms with Crippen LogP contribution in [0.2, 0.25) is 0 Å². The lowest BCUT2D eigenvalue weighted by Crippen LogP contribution is -2.03. The van der Waals surface area contributed by atoms with E-state index in [1.165, 1.54) is 70.6 Å². The maximum atomic E-state index is 10.3. The number of nitroso groups, excluding NO2 is 1. The van der Waals surface area contributed by atoms with Crippen molar-refractivity contribution in [2.24, 2.45) is 11.1 Å². The summed E-state index contributed by atoms with van der Waals surface area (Å²) in [6, 6.07) is 0. The fraction of sp³-hybridized carbons (Fsp3) is 0.889. The van der Waals surface area contributed by atoms with E-state index in [1.54, 1.807) is 0 Å². The fourth-order valence-electron chi connectivity index (χ4n) is 2.60. The van der Waals surface area contributed by atoms with E-state index in [9.17, 15) is 4.91 Å². The number of nitrogens with zero attached hydrogens (tertiary/aromatic N) is 1. The molecule has 0 aliphatic carbocycles. The van der Waals surface area contributed by atoms with Crippen LogP contribution in [0.25, 0.3) is 0 Å². The first kappa shape index (κ1) is 19.3. The van der Waals surface area contributed by atoms with Gasteiger partial charge in [0.1, 0.15) is 0 Å². The molecule has 20 heavy (non-hydrogen) atoms. The van der Waals surface area contributed by atoms with Crippen molar-refractivity contribution in [3.63, 3.8) is 0 Å². The molecule has 0 spiro atoms. The quantitative estimate of drug-likeness (QED) is 0.188. The highest BCUT2D eigenvalue weighted by molar-refractivity contribution is 4.81. The molecular formula is C18H35NO. The fourth-order valence-corrected chi connectivity index (χ4v) is 2.60. The van der Waals surface area contributed by atoms with Crippen LogP contribution in [-0.4, -0.2) is 6.54 Å². The Hall–Kier alpha value is -0.660. The third-order valence-corrected chi connectivity index (χ3v) is 3.97. The van der Waals surface area contributed by atoms with Crippen molar-refractivity contribution in [3.05, 3.63) is 17.1 Å². The van der Waals surface area contributed by atoms with E-state index >= 15 is 0 Å². The molecule has 0 aromatic carbocycles. The van der Waals surface area contributed by atoms with Gasteiger partial charge in [-0.2, -0.15) is 4.91 Å². The Labute approximate surface area is 126 Å². The Bertz CT molecular complexity index is 225. The zero-order valence-electron chi connectivity index (χ0n) is 13.8. The van der Waals surface area contributed by atoms with Crippen molar-refractivity contribution < 1.29 is 0 Å². The van der Waals surface area contributed by atoms with Crippen LogP contribution in [-0.2, 0) is 0 Å². The smallest absolute Gasteiger partial charge is 0.0813 e. The SMILES string of the molecule is CCCC/C=C\CCCCC(CCCCC)CCN=O. The van der Waals surface area contributed by atoms with E-state index in [1.807, 2.05) is 0 Å². The molecule has 1 atom stereocenters. The minimum atomic E-state index is 0.508. The molecule has 0 radical (unpaired) electrons. The standard InChI is InChI=1S/C18H35NO/c1-3-5-7-8-9-10-11-13-15-18(16-17-19-20)14-12-6-4-2/h8-9,18H,3-7,10-17H2,1-2H3/b9-8-. The van der Waals surface area contributed by atoms with Gasteiger partial charge in [-0.15, -0.1) is 0 Å². The molecule has 118 valence electrons. The predicted octanol–water partition coefficient (Wildman–Crippen LogP) is 6.65. The molecule has 0 aromatic rings. The van der Waals surface area contributed by atoms with E-state index in [0.717, 1.165) is 12.3 Å². The van der Waals surface area contributed by atoms with Crippen molar-refractivity contribution in [2.45, 2.75) is 90.9 Å². The molecule has 0 rings (SSSR count). The maximum Gasteiger partial charge on any atom is 0.0813 e. The monoisotopic (exact) mass is 281 g/mol. The molecule has 2 nitrogen and oxygen atoms in total. The van der Waals surface area contributed by atoms with Gasteiger partial charge in [0.25, 0.3) is 0 Å². The Balaban J connectivity index is 3.60. The van der Waals surface area contributed by atoms with Crippen molar-refractivity contribution >= 4 is 0 Å². The third-order valence-electron chi connectivity index (χ3n) is 3.97. The zero-order valence-corrected chi connectivity index (χ0v) is 13.8. The third kappa shape index (κ3) is 13.8. The molecule has 0 saturated carbocycles. The van der Waals surface area contributed by atoms with Crippen molar-refractivity contribution in [2.75, 3.05) is 6.54 Å². The number of unbranched alkanes of at least 4 members (excludes halogenated alkanes) is 6. The molecule has 0 fully saturated rings. The van der Waals surface area contributed by atoms with Gasteiger partial charge in [-0.05, 0) is 31.6 Å². The molecule has 1 unspecified atom stereocenters. The Morgan fingerprint density at radius 1 is 0.800 bits per heavy atom. The van der Waals surface area contributed by atoms with Crippen LogP contribution in [0.1, 0.15) is 90.9 Å². The van der Waals surface area contributed by atoms with Gasteiger partial charge >= 0.3 is 0 Å². The van der Waals surface area contributed by atoms with E-state index in [2.05, 4.69) is 31.2 Å². The average Bonchev–Trinajstić information content (AvgIpc) is 2.47. The molecule has 0 heterocycles. The first-order chi connectivity index (χ1) is 9.85. The van der Waals surface area contributed by atoms with Crippen LogP contribution < -0.4 is 0 Å². The lowest BCUT2D eigenvalue weighted by atomic mass is 9.92. The van der Waals surface area contributed by atoms with Gasteiger partial charge in [0.15, 0.2) is 0 Å². The average molecular weight is 281 g/mol. The molecular weight excluding hydrogens is 246 g/mol. The zero-order chi connectivity index (χ0) is 14.9. The number of rotatable bonds is 15. The summed E-state index contributed by atoms with van der Waals surface area (Å²) in [7, 11) is 0. The van der Waals surface area contributed by atoms with Crippen molar-refractivity contribution in [3.8, 4) is 0 Å². The van der Waals surface area contributed by atoms with Crippen LogP contribution in [0.3, 0.4) is 0 Å². The van der Waals surface area contributed by atoms with E-state index < -0.39 is 0 Å². The Kier molecular flexibility index (Phi) is 15.9. The first-order valence-corrected chi connectivity index (χ1v) is 8.79. The lowest BCUT2D eigenvalue weighted by molar-refractivity contribution is 0.392. The number of allylic oxidation sites excluding steroid dienone is 2. The molecule has 2 heteroatoms. The molecule has 0 amide bonds. The summed E-state index contributed by atoms with van der Waals surface area (Å²) < 4.78 is 0. The maximum absolute atomic E-state index is 10.3. The molecule has 0 N–H and O–H groups in total. The molecule has 0 saturated heterocycles. The first-order valence-electron chi connectivity index (χ1n) is 8.79. The summed E-state index contributed by atoms with van der Waals surface area (Å²) in [6.07, 6.45) is 19.8. The molecule has 0 bridgehead atoms. The largest absolute Gasteiger partial charge is 0.151 e. The highest BCUT2D eigenvalue weighted by atomic mass is 16.3. The number of hydrogen-bond acceptors (Lipinski definition) is 2. The van der Waals surface area contributed by atoms with E-state index in [-0.39, 0.29) is 0 Å². The number of hydrogen-bond donors (Lipinski definition) is 0. The van der Waals surface area contributed by atoms with Gasteiger partial charge in [0.2, 0.25) is 0 Å². The lowest BCUT2D eigenvalue weighted by Gasteiger charge is -2.14. The van der Waals surface area contributed by atoms with Gasteiger partial charge < -0.3 is 0 Å². The van der Waals surface area contributed by atoms with Crippen LogP contribution in [0.5, 0.6) is 0 Å². The summed E-state index contributed by atoms with van der Waals surface area (Å²) in [4.78, 5) is 10.3. The Morgan fingerprint density at radius 3 is 2.00 bits per heavy atom. The second-order valence-corrected chi connectivity index (χ2v) is 5.90. The van der Waals surface area contributed by atoms with Crippen LogP contribution >= 0.6 is 0 Å². The molecule has 0 aliphatic heterocycles. The van der Waals surface area contributed by atoms with Crippen molar-refractivity contribution in [1.82, 2.24) is 0 Å². The highest BCUT2D eigenvalue weighted by Gasteiger charge is 2.08. The summed E-state index contributed by atoms with van der Waals surface area (Å²) >= 11 is 0. The second kappa shape index (κ2) is 16.4. The van der Waals surface area contributed by atoms with Gasteiger partial charge in [-0.1, -0.05) is 82.5 Å². The van der Waals surface area contributed by atoms with Gasteiger partial charge in [-0.25, -0.2) is 0 Å². The van der Waals surface area contributed by atoms with Gasteiger partial charge in [0, 0.05) is 0 Å². The van der Waals surface area contributed by atoms with Gasteiger partial charge in [-0.3, -0.25) is 0 Å². The van der Waals surface area contributed by atoms with E-state index in [0.29, 0.717) is 6.54 Å². The van der Waals surface area contributed by atoms with Crippen LogP contribution in [0.15, 0.2) is 17.3 Å². The predicted molar refractivity (Wildman–Crippen MR) is 90.0 cm³/mol.